The fourth-order valence-electron chi connectivity index (χ4n) is 2.84. The van der Waals surface area contributed by atoms with Crippen molar-refractivity contribution < 1.29 is 0 Å². The molecule has 2 atom stereocenters. The predicted octanol–water partition coefficient (Wildman–Crippen LogP) is 2.94. The van der Waals surface area contributed by atoms with Gasteiger partial charge in [0.15, 0.2) is 0 Å². The summed E-state index contributed by atoms with van der Waals surface area (Å²) < 4.78 is 0. The van der Waals surface area contributed by atoms with Crippen LogP contribution in [0.4, 0.5) is 0 Å². The van der Waals surface area contributed by atoms with Gasteiger partial charge in [-0.2, -0.15) is 5.26 Å². The summed E-state index contributed by atoms with van der Waals surface area (Å²) in [5.74, 6) is 0.749. The summed E-state index contributed by atoms with van der Waals surface area (Å²) in [4.78, 5) is 2.55. The number of hydrogen-bond acceptors (Lipinski definition) is 3. The fraction of sp³-hybridized carbons (Fsp3) is 0.588. The third kappa shape index (κ3) is 3.82. The molecule has 1 fully saturated rings. The molecule has 108 valence electrons. The van der Waals surface area contributed by atoms with Gasteiger partial charge in [-0.25, -0.2) is 0 Å². The lowest BCUT2D eigenvalue weighted by Gasteiger charge is -2.21. The Labute approximate surface area is 122 Å². The normalized spacial score (nSPS) is 21.1. The van der Waals surface area contributed by atoms with Crippen LogP contribution in [0.3, 0.4) is 0 Å². The molecule has 3 nitrogen and oxygen atoms in total. The molecule has 2 unspecified atom stereocenters. The van der Waals surface area contributed by atoms with Gasteiger partial charge >= 0.3 is 0 Å². The summed E-state index contributed by atoms with van der Waals surface area (Å²) >= 11 is 0. The average molecular weight is 271 g/mol. The first kappa shape index (κ1) is 15.0. The summed E-state index contributed by atoms with van der Waals surface area (Å²) in [6.07, 6.45) is 1.29. The van der Waals surface area contributed by atoms with E-state index in [0.717, 1.165) is 18.0 Å². The highest BCUT2D eigenvalue weighted by Gasteiger charge is 2.24. The van der Waals surface area contributed by atoms with Crippen LogP contribution in [0.1, 0.15) is 44.4 Å². The molecular weight excluding hydrogens is 246 g/mol. The summed E-state index contributed by atoms with van der Waals surface area (Å²) in [6.45, 7) is 10.2. The molecule has 0 aromatic heterocycles. The fourth-order valence-corrected chi connectivity index (χ4v) is 2.84. The molecule has 1 saturated heterocycles. The maximum atomic E-state index is 8.95. The van der Waals surface area contributed by atoms with Crippen molar-refractivity contribution >= 4 is 0 Å². The van der Waals surface area contributed by atoms with Crippen LogP contribution in [0.2, 0.25) is 0 Å². The molecule has 0 bridgehead atoms. The Hall–Kier alpha value is -1.37. The molecule has 1 aromatic rings. The van der Waals surface area contributed by atoms with Crippen LogP contribution in [0.5, 0.6) is 0 Å². The van der Waals surface area contributed by atoms with Crippen molar-refractivity contribution in [3.8, 4) is 6.07 Å². The Bertz CT molecular complexity index is 475. The van der Waals surface area contributed by atoms with Crippen LogP contribution < -0.4 is 5.32 Å². The smallest absolute Gasteiger partial charge is 0.0991 e. The molecule has 0 aliphatic carbocycles. The van der Waals surface area contributed by atoms with Crippen LogP contribution in [-0.2, 0) is 0 Å². The SMILES string of the molecule is CC(NCC1CCN(C(C)C)C1)c1cccc(C#N)c1. The minimum atomic E-state index is 0.302. The maximum absolute atomic E-state index is 8.95. The second kappa shape index (κ2) is 6.88. The van der Waals surface area contributed by atoms with Gasteiger partial charge in [0.2, 0.25) is 0 Å². The second-order valence-corrected chi connectivity index (χ2v) is 6.11. The zero-order chi connectivity index (χ0) is 14.5. The van der Waals surface area contributed by atoms with Crippen LogP contribution in [0.25, 0.3) is 0 Å². The summed E-state index contributed by atoms with van der Waals surface area (Å²) in [5, 5.41) is 12.6. The van der Waals surface area contributed by atoms with Crippen LogP contribution in [0, 0.1) is 17.2 Å². The highest BCUT2D eigenvalue weighted by Crippen LogP contribution is 2.19. The van der Waals surface area contributed by atoms with Gasteiger partial charge < -0.3 is 10.2 Å². The lowest BCUT2D eigenvalue weighted by molar-refractivity contribution is 0.263. The molecule has 0 radical (unpaired) electrons. The Morgan fingerprint density at radius 1 is 1.40 bits per heavy atom. The molecule has 1 heterocycles. The number of nitrogens with one attached hydrogen (secondary N) is 1. The van der Waals surface area contributed by atoms with Gasteiger partial charge in [-0.3, -0.25) is 0 Å². The summed E-state index contributed by atoms with van der Waals surface area (Å²) in [6, 6.07) is 11.0. The van der Waals surface area contributed by atoms with Crippen molar-refractivity contribution in [1.29, 1.82) is 5.26 Å². The van der Waals surface area contributed by atoms with Crippen molar-refractivity contribution in [2.75, 3.05) is 19.6 Å². The molecule has 1 aliphatic rings. The number of likely N-dealkylation sites (tertiary alicyclic amines) is 1. The molecular formula is C17H25N3. The molecule has 2 rings (SSSR count). The largest absolute Gasteiger partial charge is 0.310 e. The van der Waals surface area contributed by atoms with Gasteiger partial charge in [0.25, 0.3) is 0 Å². The molecule has 1 N–H and O–H groups in total. The Kier molecular flexibility index (Phi) is 5.17. The van der Waals surface area contributed by atoms with Gasteiger partial charge in [0.05, 0.1) is 11.6 Å². The monoisotopic (exact) mass is 271 g/mol. The molecule has 1 aliphatic heterocycles. The highest BCUT2D eigenvalue weighted by atomic mass is 15.2. The standard InChI is InChI=1S/C17H25N3/c1-13(2)20-8-7-16(12-20)11-19-14(3)17-6-4-5-15(9-17)10-18/h4-6,9,13-14,16,19H,7-8,11-12H2,1-3H3. The lowest BCUT2D eigenvalue weighted by atomic mass is 10.0. The van der Waals surface area contributed by atoms with E-state index in [0.29, 0.717) is 12.1 Å². The Morgan fingerprint density at radius 3 is 2.85 bits per heavy atom. The topological polar surface area (TPSA) is 39.1 Å². The van der Waals surface area contributed by atoms with Crippen LogP contribution in [-0.4, -0.2) is 30.6 Å². The third-order valence-electron chi connectivity index (χ3n) is 4.28. The van der Waals surface area contributed by atoms with E-state index in [9.17, 15) is 0 Å². The number of rotatable bonds is 5. The second-order valence-electron chi connectivity index (χ2n) is 6.11. The third-order valence-corrected chi connectivity index (χ3v) is 4.28. The first-order valence-electron chi connectivity index (χ1n) is 7.57. The minimum Gasteiger partial charge on any atom is -0.310 e. The molecule has 3 heteroatoms. The zero-order valence-electron chi connectivity index (χ0n) is 12.8. The van der Waals surface area contributed by atoms with E-state index in [-0.39, 0.29) is 0 Å². The van der Waals surface area contributed by atoms with Crippen molar-refractivity contribution in [1.82, 2.24) is 10.2 Å². The summed E-state index contributed by atoms with van der Waals surface area (Å²) in [7, 11) is 0. The number of benzene rings is 1. The minimum absolute atomic E-state index is 0.302. The van der Waals surface area contributed by atoms with E-state index in [1.54, 1.807) is 0 Å². The van der Waals surface area contributed by atoms with Crippen molar-refractivity contribution in [3.05, 3.63) is 35.4 Å². The quantitative estimate of drug-likeness (QED) is 0.895. The van der Waals surface area contributed by atoms with Crippen molar-refractivity contribution in [3.63, 3.8) is 0 Å². The average Bonchev–Trinajstić information content (AvgIpc) is 2.94. The van der Waals surface area contributed by atoms with E-state index >= 15 is 0 Å². The first-order chi connectivity index (χ1) is 9.60. The van der Waals surface area contributed by atoms with Crippen molar-refractivity contribution in [2.24, 2.45) is 5.92 Å². The molecule has 0 spiro atoms. The van der Waals surface area contributed by atoms with E-state index in [1.165, 1.54) is 25.1 Å². The zero-order valence-corrected chi connectivity index (χ0v) is 12.8. The van der Waals surface area contributed by atoms with E-state index in [4.69, 9.17) is 5.26 Å². The summed E-state index contributed by atoms with van der Waals surface area (Å²) in [5.41, 5.74) is 1.94. The number of hydrogen-bond donors (Lipinski definition) is 1. The maximum Gasteiger partial charge on any atom is 0.0991 e. The number of nitriles is 1. The van der Waals surface area contributed by atoms with Crippen LogP contribution >= 0.6 is 0 Å². The van der Waals surface area contributed by atoms with E-state index in [2.05, 4.69) is 43.1 Å². The van der Waals surface area contributed by atoms with E-state index in [1.807, 2.05) is 18.2 Å². The predicted molar refractivity (Wildman–Crippen MR) is 82.4 cm³/mol. The Morgan fingerprint density at radius 2 is 2.20 bits per heavy atom. The van der Waals surface area contributed by atoms with Gasteiger partial charge in [0.1, 0.15) is 0 Å². The van der Waals surface area contributed by atoms with Crippen LogP contribution in [0.15, 0.2) is 24.3 Å². The molecule has 0 saturated carbocycles. The molecule has 1 aromatic carbocycles. The van der Waals surface area contributed by atoms with Gasteiger partial charge in [0, 0.05) is 18.6 Å². The first-order valence-corrected chi connectivity index (χ1v) is 7.57. The van der Waals surface area contributed by atoms with Gasteiger partial charge in [-0.1, -0.05) is 12.1 Å². The van der Waals surface area contributed by atoms with Gasteiger partial charge in [-0.05, 0) is 63.9 Å². The highest BCUT2D eigenvalue weighted by molar-refractivity contribution is 5.34. The number of nitrogens with zero attached hydrogens (tertiary/aromatic N) is 2. The lowest BCUT2D eigenvalue weighted by Crippen LogP contribution is -2.31. The van der Waals surface area contributed by atoms with Gasteiger partial charge in [-0.15, -0.1) is 0 Å². The molecule has 20 heavy (non-hydrogen) atoms. The Balaban J connectivity index is 1.83. The van der Waals surface area contributed by atoms with E-state index < -0.39 is 0 Å². The van der Waals surface area contributed by atoms with Crippen molar-refractivity contribution in [2.45, 2.75) is 39.3 Å². The molecule has 0 amide bonds.